The van der Waals surface area contributed by atoms with Crippen LogP contribution in [0.15, 0.2) is 24.3 Å². The molecule has 4 rings (SSSR count). The van der Waals surface area contributed by atoms with Crippen LogP contribution in [0.1, 0.15) is 37.7 Å². The van der Waals surface area contributed by atoms with Gasteiger partial charge in [0.05, 0.1) is 5.60 Å². The van der Waals surface area contributed by atoms with E-state index in [9.17, 15) is 18.7 Å². The SMILES string of the molecule is O=C(C1CCC1)N1CCC2(O)CCN(Cc3ccccc3OC(F)F)CC2C1. The zero-order chi connectivity index (χ0) is 19.7. The molecule has 0 bridgehead atoms. The molecule has 154 valence electrons. The van der Waals surface area contributed by atoms with Gasteiger partial charge in [-0.3, -0.25) is 9.69 Å². The maximum atomic E-state index is 12.7. The molecule has 0 aromatic heterocycles. The molecule has 1 aliphatic carbocycles. The van der Waals surface area contributed by atoms with Crippen molar-refractivity contribution < 1.29 is 23.4 Å². The molecule has 3 aliphatic rings. The third-order valence-corrected chi connectivity index (χ3v) is 6.70. The molecule has 1 aromatic carbocycles. The summed E-state index contributed by atoms with van der Waals surface area (Å²) in [5, 5.41) is 11.1. The van der Waals surface area contributed by atoms with E-state index in [-0.39, 0.29) is 23.5 Å². The number of fused-ring (bicyclic) bond motifs is 1. The average Bonchev–Trinajstić information content (AvgIpc) is 2.61. The number of aliphatic hydroxyl groups is 1. The van der Waals surface area contributed by atoms with Gasteiger partial charge in [-0.1, -0.05) is 24.6 Å². The maximum Gasteiger partial charge on any atom is 0.387 e. The number of carbonyl (C=O) groups is 1. The van der Waals surface area contributed by atoms with Crippen molar-refractivity contribution in [2.75, 3.05) is 26.2 Å². The number of alkyl halides is 2. The summed E-state index contributed by atoms with van der Waals surface area (Å²) in [5.74, 6) is 0.594. The van der Waals surface area contributed by atoms with Crippen molar-refractivity contribution in [3.05, 3.63) is 29.8 Å². The van der Waals surface area contributed by atoms with Crippen LogP contribution in [0.2, 0.25) is 0 Å². The van der Waals surface area contributed by atoms with Crippen molar-refractivity contribution in [1.82, 2.24) is 9.80 Å². The first kappa shape index (κ1) is 19.6. The number of benzene rings is 1. The Hall–Kier alpha value is -1.73. The Morgan fingerprint density at radius 2 is 1.96 bits per heavy atom. The normalized spacial score (nSPS) is 28.7. The zero-order valence-electron chi connectivity index (χ0n) is 16.0. The highest BCUT2D eigenvalue weighted by Gasteiger charge is 2.46. The Morgan fingerprint density at radius 3 is 2.68 bits per heavy atom. The number of likely N-dealkylation sites (tertiary alicyclic amines) is 2. The topological polar surface area (TPSA) is 53.0 Å². The van der Waals surface area contributed by atoms with Crippen molar-refractivity contribution in [2.24, 2.45) is 11.8 Å². The van der Waals surface area contributed by atoms with E-state index < -0.39 is 12.2 Å². The minimum absolute atomic E-state index is 0.0118. The highest BCUT2D eigenvalue weighted by molar-refractivity contribution is 5.79. The number of amides is 1. The lowest BCUT2D eigenvalue weighted by molar-refractivity contribution is -0.153. The summed E-state index contributed by atoms with van der Waals surface area (Å²) in [6.45, 7) is 0.203. The lowest BCUT2D eigenvalue weighted by atomic mass is 9.74. The molecule has 0 spiro atoms. The molecule has 5 nitrogen and oxygen atoms in total. The number of hydrogen-bond acceptors (Lipinski definition) is 4. The molecule has 2 saturated heterocycles. The molecule has 0 radical (unpaired) electrons. The van der Waals surface area contributed by atoms with Crippen LogP contribution in [0.25, 0.3) is 0 Å². The van der Waals surface area contributed by atoms with Crippen LogP contribution >= 0.6 is 0 Å². The molecule has 2 unspecified atom stereocenters. The monoisotopic (exact) mass is 394 g/mol. The van der Waals surface area contributed by atoms with Gasteiger partial charge in [0.15, 0.2) is 0 Å². The van der Waals surface area contributed by atoms with Gasteiger partial charge >= 0.3 is 6.61 Å². The van der Waals surface area contributed by atoms with Gasteiger partial charge in [0, 0.05) is 50.1 Å². The standard InChI is InChI=1S/C21H28F2N2O3/c22-20(23)28-18-7-2-1-4-16(18)12-24-10-8-21(27)9-11-25(14-17(21)13-24)19(26)15-5-3-6-15/h1-2,4,7,15,17,20,27H,3,5-6,8-14H2. The van der Waals surface area contributed by atoms with Crippen molar-refractivity contribution in [3.63, 3.8) is 0 Å². The van der Waals surface area contributed by atoms with Gasteiger partial charge in [-0.2, -0.15) is 8.78 Å². The Morgan fingerprint density at radius 1 is 1.21 bits per heavy atom. The van der Waals surface area contributed by atoms with Crippen molar-refractivity contribution in [1.29, 1.82) is 0 Å². The van der Waals surface area contributed by atoms with Crippen LogP contribution in [-0.2, 0) is 11.3 Å². The summed E-state index contributed by atoms with van der Waals surface area (Å²) in [6, 6.07) is 6.85. The third kappa shape index (κ3) is 4.01. The van der Waals surface area contributed by atoms with Crippen LogP contribution in [0, 0.1) is 11.8 Å². The lowest BCUT2D eigenvalue weighted by Crippen LogP contribution is -2.61. The van der Waals surface area contributed by atoms with Crippen molar-refractivity contribution >= 4 is 5.91 Å². The van der Waals surface area contributed by atoms with Crippen LogP contribution in [-0.4, -0.2) is 59.2 Å². The van der Waals surface area contributed by atoms with Crippen LogP contribution in [0.3, 0.4) is 0 Å². The maximum absolute atomic E-state index is 12.7. The van der Waals surface area contributed by atoms with E-state index in [0.717, 1.165) is 19.3 Å². The van der Waals surface area contributed by atoms with Gasteiger partial charge < -0.3 is 14.7 Å². The number of ether oxygens (including phenoxy) is 1. The second kappa shape index (κ2) is 7.95. The van der Waals surface area contributed by atoms with Gasteiger partial charge in [-0.05, 0) is 31.7 Å². The smallest absolute Gasteiger partial charge is 0.387 e. The highest BCUT2D eigenvalue weighted by Crippen LogP contribution is 2.38. The largest absolute Gasteiger partial charge is 0.434 e. The van der Waals surface area contributed by atoms with E-state index >= 15 is 0 Å². The summed E-state index contributed by atoms with van der Waals surface area (Å²) in [5.41, 5.74) is -0.0160. The molecule has 3 fully saturated rings. The Balaban J connectivity index is 1.41. The summed E-state index contributed by atoms with van der Waals surface area (Å²) in [6.07, 6.45) is 4.36. The number of halogens is 2. The second-order valence-electron chi connectivity index (χ2n) is 8.43. The van der Waals surface area contributed by atoms with Crippen LogP contribution in [0.5, 0.6) is 5.75 Å². The summed E-state index contributed by atoms with van der Waals surface area (Å²) >= 11 is 0. The van der Waals surface area contributed by atoms with E-state index in [2.05, 4.69) is 9.64 Å². The number of carbonyl (C=O) groups excluding carboxylic acids is 1. The second-order valence-corrected chi connectivity index (χ2v) is 8.43. The Kier molecular flexibility index (Phi) is 5.56. The molecule has 1 amide bonds. The minimum Gasteiger partial charge on any atom is -0.434 e. The third-order valence-electron chi connectivity index (χ3n) is 6.70. The molecule has 2 atom stereocenters. The predicted octanol–water partition coefficient (Wildman–Crippen LogP) is 2.87. The molecule has 1 saturated carbocycles. The Labute approximate surface area is 164 Å². The molecule has 1 N–H and O–H groups in total. The quantitative estimate of drug-likeness (QED) is 0.835. The van der Waals surface area contributed by atoms with Gasteiger partial charge in [0.25, 0.3) is 0 Å². The predicted molar refractivity (Wildman–Crippen MR) is 99.9 cm³/mol. The molecule has 1 aromatic rings. The lowest BCUT2D eigenvalue weighted by Gasteiger charge is -2.51. The molecule has 7 heteroatoms. The first-order valence-electron chi connectivity index (χ1n) is 10.2. The zero-order valence-corrected chi connectivity index (χ0v) is 16.0. The van der Waals surface area contributed by atoms with Gasteiger partial charge in [-0.15, -0.1) is 0 Å². The van der Waals surface area contributed by atoms with Crippen LogP contribution in [0.4, 0.5) is 8.78 Å². The number of para-hydroxylation sites is 1. The van der Waals surface area contributed by atoms with Gasteiger partial charge in [0.1, 0.15) is 5.75 Å². The Bertz CT molecular complexity index is 713. The fourth-order valence-electron chi connectivity index (χ4n) is 4.71. The first-order valence-corrected chi connectivity index (χ1v) is 10.2. The number of piperidine rings is 2. The van der Waals surface area contributed by atoms with E-state index in [1.807, 2.05) is 11.0 Å². The molecular weight excluding hydrogens is 366 g/mol. The fraction of sp³-hybridized carbons (Fsp3) is 0.667. The molecule has 28 heavy (non-hydrogen) atoms. The summed E-state index contributed by atoms with van der Waals surface area (Å²) in [4.78, 5) is 16.7. The van der Waals surface area contributed by atoms with Crippen molar-refractivity contribution in [2.45, 2.75) is 50.9 Å². The first-order chi connectivity index (χ1) is 13.4. The van der Waals surface area contributed by atoms with Crippen molar-refractivity contribution in [3.8, 4) is 5.75 Å². The molecule has 2 aliphatic heterocycles. The van der Waals surface area contributed by atoms with E-state index in [1.165, 1.54) is 0 Å². The number of rotatable bonds is 5. The van der Waals surface area contributed by atoms with E-state index in [4.69, 9.17) is 0 Å². The van der Waals surface area contributed by atoms with Crippen LogP contribution < -0.4 is 4.74 Å². The summed E-state index contributed by atoms with van der Waals surface area (Å²) in [7, 11) is 0. The van der Waals surface area contributed by atoms with Gasteiger partial charge in [-0.25, -0.2) is 0 Å². The summed E-state index contributed by atoms with van der Waals surface area (Å²) < 4.78 is 30.0. The molecular formula is C21H28F2N2O3. The average molecular weight is 394 g/mol. The van der Waals surface area contributed by atoms with Gasteiger partial charge in [0.2, 0.25) is 5.91 Å². The highest BCUT2D eigenvalue weighted by atomic mass is 19.3. The number of nitrogens with zero attached hydrogens (tertiary/aromatic N) is 2. The fourth-order valence-corrected chi connectivity index (χ4v) is 4.71. The minimum atomic E-state index is -2.85. The molecule has 2 heterocycles. The van der Waals surface area contributed by atoms with E-state index in [0.29, 0.717) is 51.1 Å². The number of hydrogen-bond donors (Lipinski definition) is 1. The van der Waals surface area contributed by atoms with E-state index in [1.54, 1.807) is 18.2 Å².